The fourth-order valence-electron chi connectivity index (χ4n) is 1.42. The van der Waals surface area contributed by atoms with Crippen LogP contribution >= 0.6 is 11.3 Å². The van der Waals surface area contributed by atoms with E-state index in [0.29, 0.717) is 10.7 Å². The van der Waals surface area contributed by atoms with Gasteiger partial charge in [0.05, 0.1) is 0 Å². The number of carbonyl (C=O) groups excluding carboxylic acids is 2. The van der Waals surface area contributed by atoms with Crippen LogP contribution in [0.3, 0.4) is 0 Å². The van der Waals surface area contributed by atoms with Crippen LogP contribution in [0.4, 0.5) is 5.13 Å². The van der Waals surface area contributed by atoms with Crippen molar-refractivity contribution in [3.05, 3.63) is 22.1 Å². The van der Waals surface area contributed by atoms with Gasteiger partial charge in [-0.1, -0.05) is 11.3 Å². The molecule has 18 heavy (non-hydrogen) atoms. The summed E-state index contributed by atoms with van der Waals surface area (Å²) in [5.41, 5.74) is 6.38. The lowest BCUT2D eigenvalue weighted by Crippen LogP contribution is -2.35. The Morgan fingerprint density at radius 3 is 2.78 bits per heavy atom. The molecule has 0 radical (unpaired) electrons. The van der Waals surface area contributed by atoms with Gasteiger partial charge in [-0.05, 0) is 12.2 Å². The van der Waals surface area contributed by atoms with Gasteiger partial charge in [0, 0.05) is 16.0 Å². The Morgan fingerprint density at radius 2 is 2.22 bits per heavy atom. The van der Waals surface area contributed by atoms with Crippen LogP contribution < -0.4 is 16.6 Å². The maximum absolute atomic E-state index is 11.6. The highest BCUT2D eigenvalue weighted by atomic mass is 32.1. The van der Waals surface area contributed by atoms with Gasteiger partial charge in [0.25, 0.3) is 11.8 Å². The van der Waals surface area contributed by atoms with E-state index in [4.69, 9.17) is 11.0 Å². The summed E-state index contributed by atoms with van der Waals surface area (Å²) in [5.74, 6) is -1.22. The minimum Gasteiger partial charge on any atom is -0.375 e. The van der Waals surface area contributed by atoms with E-state index in [-0.39, 0.29) is 11.1 Å². The number of hydrogen-bond donors (Lipinski definition) is 2. The quantitative estimate of drug-likeness (QED) is 0.361. The summed E-state index contributed by atoms with van der Waals surface area (Å²) in [4.78, 5) is 27.6. The Morgan fingerprint density at radius 1 is 1.50 bits per heavy atom. The molecule has 0 atom stereocenters. The zero-order chi connectivity index (χ0) is 13.3. The predicted octanol–water partition coefficient (Wildman–Crippen LogP) is -1.53. The molecule has 0 saturated carbocycles. The number of anilines is 1. The lowest BCUT2D eigenvalue weighted by atomic mass is 10.0. The van der Waals surface area contributed by atoms with E-state index in [1.807, 2.05) is 0 Å². The zero-order valence-electron chi connectivity index (χ0n) is 9.35. The van der Waals surface area contributed by atoms with Gasteiger partial charge in [-0.15, -0.1) is 0 Å². The van der Waals surface area contributed by atoms with Crippen LogP contribution in [0.15, 0.2) is 17.2 Å². The number of nitrogens with one attached hydrogen (secondary N) is 1. The zero-order valence-corrected chi connectivity index (χ0v) is 10.2. The molecule has 1 aliphatic rings. The smallest absolute Gasteiger partial charge is 0.268 e. The van der Waals surface area contributed by atoms with Crippen molar-refractivity contribution < 1.29 is 9.59 Å². The van der Waals surface area contributed by atoms with Crippen LogP contribution in [0.25, 0.3) is 6.08 Å². The molecule has 2 rings (SSSR count). The second kappa shape index (κ2) is 4.47. The number of nitrogens with two attached hydrogens (primary N) is 1. The fourth-order valence-corrected chi connectivity index (χ4v) is 2.21. The third-order valence-corrected chi connectivity index (χ3v) is 3.22. The van der Waals surface area contributed by atoms with Crippen molar-refractivity contribution in [2.45, 2.75) is 0 Å². The van der Waals surface area contributed by atoms with E-state index in [2.05, 4.69) is 10.3 Å². The Balaban J connectivity index is 2.47. The van der Waals surface area contributed by atoms with Gasteiger partial charge in [-0.2, -0.15) is 5.26 Å². The summed E-state index contributed by atoms with van der Waals surface area (Å²) in [7, 11) is 1.76. The van der Waals surface area contributed by atoms with Crippen molar-refractivity contribution in [1.82, 2.24) is 10.3 Å². The standard InChI is InChI=1S/C10H7BN4O2S/c11-7-6(18-10(13)14-7)2-4-1-5(3-12)9(17)15-8(4)16/h1-2H,11H2,(H2,13,14)(H,15,16,17)/b4-2-. The molecule has 0 saturated heterocycles. The minimum absolute atomic E-state index is 0.101. The Hall–Kier alpha value is -2.40. The minimum atomic E-state index is -0.680. The number of amides is 2. The summed E-state index contributed by atoms with van der Waals surface area (Å²) < 4.78 is 0. The lowest BCUT2D eigenvalue weighted by molar-refractivity contribution is -0.126. The van der Waals surface area contributed by atoms with E-state index >= 15 is 0 Å². The van der Waals surface area contributed by atoms with E-state index in [9.17, 15) is 9.59 Å². The molecule has 0 bridgehead atoms. The van der Waals surface area contributed by atoms with Gasteiger partial charge in [-0.25, -0.2) is 4.98 Å². The average molecular weight is 258 g/mol. The molecule has 0 aliphatic carbocycles. The number of rotatable bonds is 1. The molecule has 1 aromatic heterocycles. The summed E-state index contributed by atoms with van der Waals surface area (Å²) in [6.07, 6.45) is 2.82. The number of nitriles is 1. The molecular formula is C10H7BN4O2S. The molecule has 2 amide bonds. The van der Waals surface area contributed by atoms with E-state index < -0.39 is 11.8 Å². The third-order valence-electron chi connectivity index (χ3n) is 2.29. The monoisotopic (exact) mass is 258 g/mol. The average Bonchev–Trinajstić information content (AvgIpc) is 2.61. The number of aromatic nitrogens is 1. The molecule has 2 heterocycles. The highest BCUT2D eigenvalue weighted by molar-refractivity contribution is 7.17. The van der Waals surface area contributed by atoms with Gasteiger partial charge >= 0.3 is 0 Å². The van der Waals surface area contributed by atoms with Crippen molar-refractivity contribution in [3.63, 3.8) is 0 Å². The number of nitrogen functional groups attached to an aromatic ring is 1. The van der Waals surface area contributed by atoms with Gasteiger partial charge < -0.3 is 5.73 Å². The van der Waals surface area contributed by atoms with Gasteiger partial charge in [0.1, 0.15) is 11.6 Å². The normalized spacial score (nSPS) is 17.3. The summed E-state index contributed by atoms with van der Waals surface area (Å²) in [6.45, 7) is 0. The predicted molar refractivity (Wildman–Crippen MR) is 69.5 cm³/mol. The third kappa shape index (κ3) is 2.16. The van der Waals surface area contributed by atoms with E-state index in [1.54, 1.807) is 20.0 Å². The maximum Gasteiger partial charge on any atom is 0.268 e. The molecule has 88 valence electrons. The summed E-state index contributed by atoms with van der Waals surface area (Å²) in [6, 6.07) is 1.73. The Bertz CT molecular complexity index is 653. The molecule has 0 aromatic carbocycles. The van der Waals surface area contributed by atoms with Crippen LogP contribution in [0.5, 0.6) is 0 Å². The molecule has 1 aromatic rings. The first kappa shape index (κ1) is 12.1. The SMILES string of the molecule is Bc1nc(N)sc1/C=C1/C=C(C#N)C(=O)NC1=O. The van der Waals surface area contributed by atoms with Gasteiger partial charge in [-0.3, -0.25) is 14.9 Å². The highest BCUT2D eigenvalue weighted by Crippen LogP contribution is 2.18. The van der Waals surface area contributed by atoms with E-state index in [1.165, 1.54) is 17.4 Å². The first-order valence-corrected chi connectivity index (χ1v) is 5.75. The largest absolute Gasteiger partial charge is 0.375 e. The molecular weight excluding hydrogens is 251 g/mol. The first-order valence-electron chi connectivity index (χ1n) is 4.93. The van der Waals surface area contributed by atoms with Gasteiger partial charge in [0.2, 0.25) is 0 Å². The maximum atomic E-state index is 11.6. The lowest BCUT2D eigenvalue weighted by Gasteiger charge is -2.09. The fraction of sp³-hybridized carbons (Fsp3) is 0. The first-order chi connectivity index (χ1) is 8.51. The van der Waals surface area contributed by atoms with Crippen LogP contribution in [-0.2, 0) is 9.59 Å². The van der Waals surface area contributed by atoms with Crippen LogP contribution in [0.2, 0.25) is 0 Å². The van der Waals surface area contributed by atoms with Crippen LogP contribution in [-0.4, -0.2) is 24.6 Å². The van der Waals surface area contributed by atoms with Crippen molar-refractivity contribution in [1.29, 1.82) is 5.26 Å². The van der Waals surface area contributed by atoms with Crippen molar-refractivity contribution >= 4 is 47.8 Å². The number of nitrogens with zero attached hydrogens (tertiary/aromatic N) is 2. The number of thiazole rings is 1. The topological polar surface area (TPSA) is 109 Å². The molecule has 1 aliphatic heterocycles. The van der Waals surface area contributed by atoms with Crippen molar-refractivity contribution in [2.75, 3.05) is 5.73 Å². The summed E-state index contributed by atoms with van der Waals surface area (Å²) in [5, 5.41) is 11.2. The van der Waals surface area contributed by atoms with Crippen molar-refractivity contribution in [3.8, 4) is 6.07 Å². The number of carbonyl (C=O) groups is 2. The molecule has 0 unspecified atom stereocenters. The van der Waals surface area contributed by atoms with Crippen LogP contribution in [0.1, 0.15) is 4.88 Å². The van der Waals surface area contributed by atoms with Crippen LogP contribution in [0, 0.1) is 11.3 Å². The molecule has 6 nitrogen and oxygen atoms in total. The number of hydrogen-bond acceptors (Lipinski definition) is 6. The molecule has 0 fully saturated rings. The Labute approximate surface area is 107 Å². The van der Waals surface area contributed by atoms with Gasteiger partial charge in [0.15, 0.2) is 13.0 Å². The van der Waals surface area contributed by atoms with E-state index in [0.717, 1.165) is 4.88 Å². The molecule has 0 spiro atoms. The summed E-state index contributed by atoms with van der Waals surface area (Å²) >= 11 is 1.23. The number of imide groups is 1. The van der Waals surface area contributed by atoms with Crippen molar-refractivity contribution in [2.24, 2.45) is 0 Å². The second-order valence-electron chi connectivity index (χ2n) is 3.55. The second-order valence-corrected chi connectivity index (χ2v) is 4.62. The molecule has 8 heteroatoms. The Kier molecular flexibility index (Phi) is 2.99. The molecule has 3 N–H and O–H groups in total. The highest BCUT2D eigenvalue weighted by Gasteiger charge is 2.22.